The molecular weight excluding hydrogens is 1080 g/mol. The molecule has 0 aliphatic heterocycles. The van der Waals surface area contributed by atoms with Crippen LogP contribution in [0, 0.1) is 0 Å². The maximum atomic E-state index is 12.9. The minimum absolute atomic E-state index is 0.149. The normalized spacial score (nSPS) is 12.8. The number of hydrogen-bond acceptors (Lipinski definition) is 8. The van der Waals surface area contributed by atoms with Gasteiger partial charge in [-0.25, -0.2) is 0 Å². The number of carboxylic acids is 1. The Kier molecular flexibility index (Phi) is 67.4. The van der Waals surface area contributed by atoms with Crippen LogP contribution in [-0.2, 0) is 33.3 Å². The summed E-state index contributed by atoms with van der Waals surface area (Å²) in [5.41, 5.74) is 0. The van der Waals surface area contributed by atoms with E-state index in [2.05, 4.69) is 50.3 Å². The average Bonchev–Trinajstić information content (AvgIpc) is 3.56. The number of nitrogens with zero attached hydrogens (tertiary/aromatic N) is 1. The van der Waals surface area contributed by atoms with Crippen molar-refractivity contribution in [1.29, 1.82) is 0 Å². The van der Waals surface area contributed by atoms with E-state index in [1.807, 2.05) is 21.1 Å². The molecule has 0 saturated carbocycles. The van der Waals surface area contributed by atoms with Gasteiger partial charge in [-0.05, 0) is 51.4 Å². The van der Waals surface area contributed by atoms with Crippen molar-refractivity contribution in [2.75, 3.05) is 47.5 Å². The van der Waals surface area contributed by atoms with Crippen LogP contribution in [0.15, 0.2) is 36.5 Å². The Morgan fingerprint density at radius 1 is 0.345 bits per heavy atom. The third kappa shape index (κ3) is 70.8. The SMILES string of the molecule is CCCCCCC/C=C\C/C=C\C/C=C\CCCCCCCCCCCCCCC(=O)OC(COC(=O)CCCCCCCCCCCCCCCCCCCCCCCCCCCCCCCCCCCCC)COC(OCC[N+](C)(C)C)C(=O)[O-]. The van der Waals surface area contributed by atoms with Crippen LogP contribution in [0.4, 0.5) is 0 Å². The van der Waals surface area contributed by atoms with E-state index in [1.54, 1.807) is 0 Å². The van der Waals surface area contributed by atoms with Crippen molar-refractivity contribution < 1.29 is 42.9 Å². The maximum Gasteiger partial charge on any atom is 0.306 e. The molecular formula is C78H147NO8. The van der Waals surface area contributed by atoms with Crippen LogP contribution in [0.2, 0.25) is 0 Å². The van der Waals surface area contributed by atoms with Crippen molar-refractivity contribution in [3.8, 4) is 0 Å². The number of carboxylic acid groups (broad SMARTS) is 1. The van der Waals surface area contributed by atoms with E-state index >= 15 is 0 Å². The fraction of sp³-hybridized carbons (Fsp3) is 0.885. The molecule has 87 heavy (non-hydrogen) atoms. The predicted octanol–water partition coefficient (Wildman–Crippen LogP) is 22.6. The number of allylic oxidation sites excluding steroid dienone is 6. The number of likely N-dealkylation sites (N-methyl/N-ethyl adjacent to an activating group) is 1. The molecule has 0 heterocycles. The molecule has 0 N–H and O–H groups in total. The summed E-state index contributed by atoms with van der Waals surface area (Å²) in [5, 5.41) is 11.8. The smallest absolute Gasteiger partial charge is 0.306 e. The monoisotopic (exact) mass is 1230 g/mol. The maximum absolute atomic E-state index is 12.9. The number of carbonyl (C=O) groups excluding carboxylic acids is 3. The van der Waals surface area contributed by atoms with Gasteiger partial charge in [0.2, 0.25) is 0 Å². The van der Waals surface area contributed by atoms with Gasteiger partial charge in [-0.1, -0.05) is 359 Å². The van der Waals surface area contributed by atoms with Crippen molar-refractivity contribution in [3.63, 3.8) is 0 Å². The molecule has 0 aromatic rings. The van der Waals surface area contributed by atoms with Gasteiger partial charge in [-0.3, -0.25) is 9.59 Å². The molecule has 0 aromatic carbocycles. The molecule has 0 aromatic heterocycles. The fourth-order valence-electron chi connectivity index (χ4n) is 11.6. The van der Waals surface area contributed by atoms with Crippen molar-refractivity contribution in [1.82, 2.24) is 0 Å². The Bertz CT molecular complexity index is 1520. The van der Waals surface area contributed by atoms with Crippen LogP contribution >= 0.6 is 0 Å². The number of aliphatic carboxylic acids is 1. The lowest BCUT2D eigenvalue weighted by atomic mass is 10.0. The van der Waals surface area contributed by atoms with Crippen LogP contribution in [0.3, 0.4) is 0 Å². The number of rotatable bonds is 72. The summed E-state index contributed by atoms with van der Waals surface area (Å²) in [4.78, 5) is 37.5. The number of carbonyl (C=O) groups is 3. The Balaban J connectivity index is 4.00. The number of hydrogen-bond donors (Lipinski definition) is 0. The Labute approximate surface area is 540 Å². The summed E-state index contributed by atoms with van der Waals surface area (Å²) in [7, 11) is 5.94. The first-order valence-corrected chi connectivity index (χ1v) is 38.1. The van der Waals surface area contributed by atoms with Crippen LogP contribution in [-0.4, -0.2) is 82.3 Å². The second-order valence-corrected chi connectivity index (χ2v) is 27.3. The Morgan fingerprint density at radius 3 is 0.920 bits per heavy atom. The predicted molar refractivity (Wildman–Crippen MR) is 371 cm³/mol. The number of quaternary nitrogens is 1. The quantitative estimate of drug-likeness (QED) is 0.0195. The summed E-state index contributed by atoms with van der Waals surface area (Å²) in [6.45, 7) is 4.81. The zero-order chi connectivity index (χ0) is 63.3. The summed E-state index contributed by atoms with van der Waals surface area (Å²) >= 11 is 0. The van der Waals surface area contributed by atoms with Gasteiger partial charge in [-0.15, -0.1) is 0 Å². The van der Waals surface area contributed by atoms with E-state index in [1.165, 1.54) is 302 Å². The third-order valence-corrected chi connectivity index (χ3v) is 17.4. The molecule has 9 nitrogen and oxygen atoms in total. The fourth-order valence-corrected chi connectivity index (χ4v) is 11.6. The van der Waals surface area contributed by atoms with Gasteiger partial charge in [0, 0.05) is 12.8 Å². The highest BCUT2D eigenvalue weighted by molar-refractivity contribution is 5.70. The highest BCUT2D eigenvalue weighted by Crippen LogP contribution is 2.19. The molecule has 2 unspecified atom stereocenters. The lowest BCUT2D eigenvalue weighted by molar-refractivity contribution is -0.870. The Hall–Kier alpha value is -2.49. The Morgan fingerprint density at radius 2 is 0.621 bits per heavy atom. The topological polar surface area (TPSA) is 111 Å². The van der Waals surface area contributed by atoms with Crippen molar-refractivity contribution in [3.05, 3.63) is 36.5 Å². The van der Waals surface area contributed by atoms with E-state index in [4.69, 9.17) is 18.9 Å². The van der Waals surface area contributed by atoms with Gasteiger partial charge in [0.1, 0.15) is 13.2 Å². The molecule has 0 amide bonds. The van der Waals surface area contributed by atoms with Gasteiger partial charge in [0.15, 0.2) is 12.4 Å². The van der Waals surface area contributed by atoms with Crippen LogP contribution < -0.4 is 5.11 Å². The second kappa shape index (κ2) is 69.4. The number of esters is 2. The lowest BCUT2D eigenvalue weighted by Crippen LogP contribution is -2.44. The second-order valence-electron chi connectivity index (χ2n) is 27.3. The van der Waals surface area contributed by atoms with Crippen molar-refractivity contribution in [2.24, 2.45) is 0 Å². The molecule has 0 saturated heterocycles. The van der Waals surface area contributed by atoms with E-state index in [0.29, 0.717) is 23.9 Å². The minimum Gasteiger partial charge on any atom is -0.545 e. The molecule has 512 valence electrons. The zero-order valence-electron chi connectivity index (χ0n) is 58.7. The van der Waals surface area contributed by atoms with Gasteiger partial charge in [0.05, 0.1) is 40.3 Å². The largest absolute Gasteiger partial charge is 0.545 e. The van der Waals surface area contributed by atoms with Gasteiger partial charge >= 0.3 is 11.9 Å². The van der Waals surface area contributed by atoms with Gasteiger partial charge in [-0.2, -0.15) is 0 Å². The molecule has 9 heteroatoms. The van der Waals surface area contributed by atoms with Crippen LogP contribution in [0.5, 0.6) is 0 Å². The first-order chi connectivity index (χ1) is 42.6. The van der Waals surface area contributed by atoms with Gasteiger partial charge in [0.25, 0.3) is 0 Å². The average molecular weight is 1230 g/mol. The summed E-state index contributed by atoms with van der Waals surface area (Å²) in [5.74, 6) is -2.26. The van der Waals surface area contributed by atoms with Crippen molar-refractivity contribution >= 4 is 17.9 Å². The van der Waals surface area contributed by atoms with Gasteiger partial charge < -0.3 is 33.3 Å². The minimum atomic E-state index is -1.62. The van der Waals surface area contributed by atoms with Crippen LogP contribution in [0.25, 0.3) is 0 Å². The van der Waals surface area contributed by atoms with E-state index in [-0.39, 0.29) is 32.2 Å². The standard InChI is InChI=1S/C78H147NO8/c1-6-8-10-12-14-16-18-20-22-24-26-28-30-32-34-35-36-37-38-39-40-41-43-44-46-48-50-52-54-56-58-60-62-64-66-68-75(80)85-72-74(73-86-78(77(82)83)84-71-70-79(3,4)5)87-76(81)69-67-65-63-61-59-57-55-53-51-49-47-45-42-33-31-29-27-25-23-21-19-17-15-13-11-9-7-2/h19,21,25,27,31,33,74,78H,6-18,20,22-24,26,28-30,32,34-73H2,1-5H3/b21-19-,27-25-,33-31-. The first kappa shape index (κ1) is 84.5. The lowest BCUT2D eigenvalue weighted by Gasteiger charge is -2.26. The van der Waals surface area contributed by atoms with Crippen molar-refractivity contribution in [2.45, 2.75) is 399 Å². The molecule has 0 fully saturated rings. The van der Waals surface area contributed by atoms with E-state index in [9.17, 15) is 19.5 Å². The zero-order valence-corrected chi connectivity index (χ0v) is 58.7. The third-order valence-electron chi connectivity index (χ3n) is 17.4. The molecule has 0 radical (unpaired) electrons. The van der Waals surface area contributed by atoms with Crippen LogP contribution in [0.1, 0.15) is 386 Å². The molecule has 0 rings (SSSR count). The van der Waals surface area contributed by atoms with E-state index in [0.717, 1.165) is 51.4 Å². The highest BCUT2D eigenvalue weighted by Gasteiger charge is 2.22. The molecule has 0 bridgehead atoms. The summed E-state index contributed by atoms with van der Waals surface area (Å²) in [6, 6.07) is 0. The number of unbranched alkanes of at least 4 members (excludes halogenated alkanes) is 51. The first-order valence-electron chi connectivity index (χ1n) is 38.1. The molecule has 0 spiro atoms. The summed E-state index contributed by atoms with van der Waals surface area (Å²) < 4.78 is 22.8. The number of ether oxygens (including phenoxy) is 4. The van der Waals surface area contributed by atoms with E-state index < -0.39 is 24.3 Å². The highest BCUT2D eigenvalue weighted by atomic mass is 16.7. The molecule has 2 atom stereocenters. The molecule has 0 aliphatic carbocycles. The molecule has 0 aliphatic rings. The summed E-state index contributed by atoms with van der Waals surface area (Å²) in [6.07, 6.45) is 85.4.